The minimum absolute atomic E-state index is 0.0707. The molecule has 0 saturated carbocycles. The molecule has 0 bridgehead atoms. The van der Waals surface area contributed by atoms with E-state index in [0.717, 1.165) is 15.8 Å². The Kier molecular flexibility index (Phi) is 6.03. The van der Waals surface area contributed by atoms with Gasteiger partial charge in [-0.15, -0.1) is 0 Å². The molecule has 0 aliphatic carbocycles. The van der Waals surface area contributed by atoms with Crippen molar-refractivity contribution in [2.75, 3.05) is 5.32 Å². The van der Waals surface area contributed by atoms with Crippen LogP contribution in [0.25, 0.3) is 10.2 Å². The summed E-state index contributed by atoms with van der Waals surface area (Å²) < 4.78 is 1.05. The van der Waals surface area contributed by atoms with Gasteiger partial charge in [0.25, 0.3) is 5.91 Å². The summed E-state index contributed by atoms with van der Waals surface area (Å²) in [4.78, 5) is 28.7. The maximum atomic E-state index is 12.2. The molecule has 2 atom stereocenters. The highest BCUT2D eigenvalue weighted by atomic mass is 32.1. The van der Waals surface area contributed by atoms with Crippen molar-refractivity contribution >= 4 is 38.5 Å². The van der Waals surface area contributed by atoms with Crippen LogP contribution in [0.3, 0.4) is 0 Å². The monoisotopic (exact) mass is 382 g/mol. The number of carbonyl (C=O) groups is 2. The van der Waals surface area contributed by atoms with E-state index in [1.165, 1.54) is 11.3 Å². The molecule has 0 saturated heterocycles. The summed E-state index contributed by atoms with van der Waals surface area (Å²) >= 11 is 1.48. The molecule has 0 fully saturated rings. The van der Waals surface area contributed by atoms with Crippen LogP contribution in [0.1, 0.15) is 31.7 Å². The van der Waals surface area contributed by atoms with E-state index in [-0.39, 0.29) is 17.7 Å². The Morgan fingerprint density at radius 2 is 1.70 bits per heavy atom. The van der Waals surface area contributed by atoms with Gasteiger partial charge in [-0.2, -0.15) is 0 Å². The van der Waals surface area contributed by atoms with Crippen molar-refractivity contribution in [1.82, 2.24) is 15.8 Å². The van der Waals surface area contributed by atoms with Crippen molar-refractivity contribution < 1.29 is 9.59 Å². The van der Waals surface area contributed by atoms with Crippen molar-refractivity contribution in [3.05, 3.63) is 60.2 Å². The molecule has 0 unspecified atom stereocenters. The Morgan fingerprint density at radius 1 is 1.00 bits per heavy atom. The highest BCUT2D eigenvalue weighted by Gasteiger charge is 2.16. The van der Waals surface area contributed by atoms with E-state index >= 15 is 0 Å². The molecule has 7 heteroatoms. The maximum Gasteiger partial charge on any atom is 0.260 e. The van der Waals surface area contributed by atoms with Gasteiger partial charge in [-0.25, -0.2) is 4.98 Å². The maximum absolute atomic E-state index is 12.2. The predicted molar refractivity (Wildman–Crippen MR) is 108 cm³/mol. The number of hydrazine groups is 1. The van der Waals surface area contributed by atoms with Crippen LogP contribution in [0.15, 0.2) is 54.6 Å². The second-order valence-corrected chi connectivity index (χ2v) is 7.44. The second-order valence-electron chi connectivity index (χ2n) is 6.41. The molecular weight excluding hydrogens is 360 g/mol. The summed E-state index contributed by atoms with van der Waals surface area (Å²) in [5.41, 5.74) is 6.93. The van der Waals surface area contributed by atoms with Gasteiger partial charge >= 0.3 is 0 Å². The summed E-state index contributed by atoms with van der Waals surface area (Å²) in [6.45, 7) is 3.70. The van der Waals surface area contributed by atoms with Gasteiger partial charge < -0.3 is 5.32 Å². The van der Waals surface area contributed by atoms with Gasteiger partial charge in [0.2, 0.25) is 5.91 Å². The van der Waals surface area contributed by atoms with Crippen LogP contribution < -0.4 is 16.2 Å². The fourth-order valence-electron chi connectivity index (χ4n) is 2.65. The lowest BCUT2D eigenvalue weighted by Gasteiger charge is -2.15. The van der Waals surface area contributed by atoms with Gasteiger partial charge in [0.1, 0.15) is 6.04 Å². The smallest absolute Gasteiger partial charge is 0.260 e. The predicted octanol–water partition coefficient (Wildman–Crippen LogP) is 3.44. The third kappa shape index (κ3) is 5.04. The van der Waals surface area contributed by atoms with Crippen molar-refractivity contribution in [2.45, 2.75) is 32.2 Å². The number of nitrogens with one attached hydrogen (secondary N) is 3. The lowest BCUT2D eigenvalue weighted by atomic mass is 9.98. The number of fused-ring (bicyclic) bond motifs is 1. The first kappa shape index (κ1) is 18.8. The van der Waals surface area contributed by atoms with Crippen LogP contribution in [-0.2, 0) is 9.59 Å². The van der Waals surface area contributed by atoms with Crippen molar-refractivity contribution in [3.63, 3.8) is 0 Å². The van der Waals surface area contributed by atoms with E-state index in [9.17, 15) is 9.59 Å². The summed E-state index contributed by atoms with van der Waals surface area (Å²) in [5.74, 6) is -0.483. The Balaban J connectivity index is 1.47. The van der Waals surface area contributed by atoms with Crippen molar-refractivity contribution in [3.8, 4) is 0 Å². The number of hydrogen-bond acceptors (Lipinski definition) is 5. The molecule has 3 aromatic rings. The molecule has 140 valence electrons. The fraction of sp³-hybridized carbons (Fsp3) is 0.250. The molecule has 0 radical (unpaired) electrons. The minimum atomic E-state index is -0.530. The zero-order valence-electron chi connectivity index (χ0n) is 15.2. The summed E-state index contributed by atoms with van der Waals surface area (Å²) in [6.07, 6.45) is 0.296. The summed E-state index contributed by atoms with van der Waals surface area (Å²) in [6, 6.07) is 17.1. The quantitative estimate of drug-likeness (QED) is 0.570. The molecule has 1 aromatic heterocycles. The number of benzene rings is 2. The van der Waals surface area contributed by atoms with E-state index in [4.69, 9.17) is 0 Å². The van der Waals surface area contributed by atoms with Crippen molar-refractivity contribution in [1.29, 1.82) is 0 Å². The molecule has 0 aliphatic heterocycles. The Hall–Kier alpha value is -2.93. The van der Waals surface area contributed by atoms with Gasteiger partial charge in [-0.1, -0.05) is 60.7 Å². The molecule has 6 nitrogen and oxygen atoms in total. The summed E-state index contributed by atoms with van der Waals surface area (Å²) in [7, 11) is 0. The minimum Gasteiger partial charge on any atom is -0.350 e. The van der Waals surface area contributed by atoms with Crippen molar-refractivity contribution in [2.24, 2.45) is 0 Å². The van der Waals surface area contributed by atoms with Gasteiger partial charge in [-0.3, -0.25) is 20.4 Å². The SMILES string of the molecule is C[C@@H](Nc1nc2ccccc2s1)C(=O)NNC(=O)C[C@H](C)c1ccccc1. The molecule has 2 aromatic carbocycles. The Morgan fingerprint density at radius 3 is 2.44 bits per heavy atom. The zero-order valence-corrected chi connectivity index (χ0v) is 16.0. The number of rotatable bonds is 6. The second kappa shape index (κ2) is 8.64. The van der Waals surface area contributed by atoms with Crippen LogP contribution in [0, 0.1) is 0 Å². The fourth-order valence-corrected chi connectivity index (χ4v) is 3.61. The number of anilines is 1. The van der Waals surface area contributed by atoms with Gasteiger partial charge in [-0.05, 0) is 30.5 Å². The Labute approximate surface area is 162 Å². The molecule has 2 amide bonds. The zero-order chi connectivity index (χ0) is 19.2. The van der Waals surface area contributed by atoms with Crippen LogP contribution in [0.2, 0.25) is 0 Å². The molecule has 0 spiro atoms. The third-order valence-electron chi connectivity index (χ3n) is 4.21. The number of amides is 2. The molecule has 0 aliphatic rings. The topological polar surface area (TPSA) is 83.1 Å². The average Bonchev–Trinajstić information content (AvgIpc) is 3.09. The first-order valence-corrected chi connectivity index (χ1v) is 9.60. The van der Waals surface area contributed by atoms with Crippen LogP contribution in [0.5, 0.6) is 0 Å². The van der Waals surface area contributed by atoms with Crippen LogP contribution >= 0.6 is 11.3 Å². The lowest BCUT2D eigenvalue weighted by molar-refractivity contribution is -0.129. The van der Waals surface area contributed by atoms with Gasteiger partial charge in [0.15, 0.2) is 5.13 Å². The first-order valence-electron chi connectivity index (χ1n) is 8.78. The Bertz CT molecular complexity index is 893. The highest BCUT2D eigenvalue weighted by molar-refractivity contribution is 7.22. The highest BCUT2D eigenvalue weighted by Crippen LogP contribution is 2.25. The van der Waals surface area contributed by atoms with Crippen LogP contribution in [0.4, 0.5) is 5.13 Å². The largest absolute Gasteiger partial charge is 0.350 e. The standard InChI is InChI=1S/C20H22N4O2S/c1-13(15-8-4-3-5-9-15)12-18(25)23-24-19(26)14(2)21-20-22-16-10-6-7-11-17(16)27-20/h3-11,13-14H,12H2,1-2H3,(H,21,22)(H,23,25)(H,24,26)/t13-,14+/m0/s1. The molecular formula is C20H22N4O2S. The van der Waals surface area contributed by atoms with E-state index in [0.29, 0.717) is 11.6 Å². The summed E-state index contributed by atoms with van der Waals surface area (Å²) in [5, 5.41) is 3.73. The molecule has 3 rings (SSSR count). The van der Waals surface area contributed by atoms with E-state index in [1.807, 2.05) is 61.5 Å². The van der Waals surface area contributed by atoms with E-state index < -0.39 is 6.04 Å². The van der Waals surface area contributed by atoms with Gasteiger partial charge in [0.05, 0.1) is 10.2 Å². The number of carbonyl (C=O) groups excluding carboxylic acids is 2. The number of hydrogen-bond donors (Lipinski definition) is 3. The molecule has 3 N–H and O–H groups in total. The van der Waals surface area contributed by atoms with E-state index in [1.54, 1.807) is 6.92 Å². The first-order chi connectivity index (χ1) is 13.0. The average molecular weight is 382 g/mol. The number of para-hydroxylation sites is 1. The third-order valence-corrected chi connectivity index (χ3v) is 5.18. The molecule has 27 heavy (non-hydrogen) atoms. The van der Waals surface area contributed by atoms with E-state index in [2.05, 4.69) is 21.2 Å². The number of thiazole rings is 1. The normalized spacial score (nSPS) is 13.0. The number of nitrogens with zero attached hydrogens (tertiary/aromatic N) is 1. The van der Waals surface area contributed by atoms with Crippen LogP contribution in [-0.4, -0.2) is 22.8 Å². The lowest BCUT2D eigenvalue weighted by Crippen LogP contribution is -2.47. The number of aromatic nitrogens is 1. The molecule has 1 heterocycles. The van der Waals surface area contributed by atoms with Gasteiger partial charge in [0, 0.05) is 6.42 Å².